The first-order valence-electron chi connectivity index (χ1n) is 8.65. The van der Waals surface area contributed by atoms with Crippen molar-refractivity contribution < 1.29 is 9.59 Å². The van der Waals surface area contributed by atoms with Gasteiger partial charge in [0.05, 0.1) is 6.54 Å². The van der Waals surface area contributed by atoms with Gasteiger partial charge in [-0.05, 0) is 37.1 Å². The van der Waals surface area contributed by atoms with E-state index < -0.39 is 0 Å². The Labute approximate surface area is 151 Å². The van der Waals surface area contributed by atoms with Crippen molar-refractivity contribution in [3.05, 3.63) is 22.4 Å². The Morgan fingerprint density at radius 1 is 1.17 bits per heavy atom. The fourth-order valence-corrected chi connectivity index (χ4v) is 4.89. The van der Waals surface area contributed by atoms with Gasteiger partial charge in [-0.1, -0.05) is 6.07 Å². The molecule has 0 aromatic carbocycles. The monoisotopic (exact) mass is 367 g/mol. The summed E-state index contributed by atoms with van der Waals surface area (Å²) in [5.41, 5.74) is 0. The Bertz CT molecular complexity index is 536. The van der Waals surface area contributed by atoms with Crippen LogP contribution in [-0.2, 0) is 11.3 Å². The van der Waals surface area contributed by atoms with Crippen molar-refractivity contribution in [1.82, 2.24) is 15.5 Å². The van der Waals surface area contributed by atoms with Gasteiger partial charge in [-0.15, -0.1) is 11.3 Å². The lowest BCUT2D eigenvalue weighted by Crippen LogP contribution is -2.46. The molecule has 0 spiro atoms. The Hall–Kier alpha value is -1.21. The first kappa shape index (κ1) is 17.6. The average Bonchev–Trinajstić information content (AvgIpc) is 3.14. The van der Waals surface area contributed by atoms with Crippen molar-refractivity contribution >= 4 is 35.0 Å². The standard InChI is InChI=1S/C17H25N3O2S2/c21-16(20-7-10-23-11-8-20)13-3-5-14(6-4-13)19-17(22)18-12-15-2-1-9-24-15/h1-2,9,13-14H,3-8,10-12H2,(H2,18,19,22). The fourth-order valence-electron chi connectivity index (χ4n) is 3.34. The van der Waals surface area contributed by atoms with Crippen LogP contribution in [0.3, 0.4) is 0 Å². The highest BCUT2D eigenvalue weighted by atomic mass is 32.2. The summed E-state index contributed by atoms with van der Waals surface area (Å²) < 4.78 is 0. The molecule has 0 unspecified atom stereocenters. The summed E-state index contributed by atoms with van der Waals surface area (Å²) >= 11 is 3.57. The molecule has 2 fully saturated rings. The third-order valence-electron chi connectivity index (χ3n) is 4.74. The number of thiophene rings is 1. The summed E-state index contributed by atoms with van der Waals surface area (Å²) in [5.74, 6) is 2.61. The van der Waals surface area contributed by atoms with E-state index in [4.69, 9.17) is 0 Å². The van der Waals surface area contributed by atoms with E-state index in [1.807, 2.05) is 34.2 Å². The van der Waals surface area contributed by atoms with Crippen molar-refractivity contribution in [2.45, 2.75) is 38.3 Å². The van der Waals surface area contributed by atoms with Crippen molar-refractivity contribution in [3.63, 3.8) is 0 Å². The minimum atomic E-state index is -0.105. The van der Waals surface area contributed by atoms with Crippen molar-refractivity contribution in [2.75, 3.05) is 24.6 Å². The topological polar surface area (TPSA) is 61.4 Å². The van der Waals surface area contributed by atoms with E-state index >= 15 is 0 Å². The van der Waals surface area contributed by atoms with Gasteiger partial charge in [-0.3, -0.25) is 4.79 Å². The molecule has 2 N–H and O–H groups in total. The first-order valence-corrected chi connectivity index (χ1v) is 10.7. The highest BCUT2D eigenvalue weighted by Gasteiger charge is 2.30. The molecular weight excluding hydrogens is 342 g/mol. The van der Waals surface area contributed by atoms with Crippen molar-refractivity contribution in [3.8, 4) is 0 Å². The van der Waals surface area contributed by atoms with Gasteiger partial charge in [0.2, 0.25) is 5.91 Å². The number of hydrogen-bond acceptors (Lipinski definition) is 4. The second-order valence-electron chi connectivity index (χ2n) is 6.39. The van der Waals surface area contributed by atoms with E-state index in [0.29, 0.717) is 12.5 Å². The number of hydrogen-bond donors (Lipinski definition) is 2. The number of thioether (sulfide) groups is 1. The summed E-state index contributed by atoms with van der Waals surface area (Å²) in [6.45, 7) is 2.36. The van der Waals surface area contributed by atoms with Crippen LogP contribution in [-0.4, -0.2) is 47.5 Å². The van der Waals surface area contributed by atoms with Crippen LogP contribution >= 0.6 is 23.1 Å². The summed E-state index contributed by atoms with van der Waals surface area (Å²) in [4.78, 5) is 27.7. The van der Waals surface area contributed by atoms with Crippen LogP contribution in [0.1, 0.15) is 30.6 Å². The largest absolute Gasteiger partial charge is 0.341 e. The van der Waals surface area contributed by atoms with Gasteiger partial charge < -0.3 is 15.5 Å². The van der Waals surface area contributed by atoms with Crippen LogP contribution in [0.25, 0.3) is 0 Å². The highest BCUT2D eigenvalue weighted by molar-refractivity contribution is 7.99. The van der Waals surface area contributed by atoms with Gasteiger partial charge in [0.25, 0.3) is 0 Å². The lowest BCUT2D eigenvalue weighted by Gasteiger charge is -2.34. The molecule has 3 rings (SSSR count). The number of amides is 3. The summed E-state index contributed by atoms with van der Waals surface area (Å²) in [6.07, 6.45) is 3.56. The molecule has 0 atom stereocenters. The normalized spacial score (nSPS) is 24.4. The van der Waals surface area contributed by atoms with E-state index in [2.05, 4.69) is 10.6 Å². The SMILES string of the molecule is O=C(NCc1cccs1)NC1CCC(C(=O)N2CCSCC2)CC1. The highest BCUT2D eigenvalue weighted by Crippen LogP contribution is 2.27. The lowest BCUT2D eigenvalue weighted by molar-refractivity contribution is -0.136. The van der Waals surface area contributed by atoms with Crippen LogP contribution < -0.4 is 10.6 Å². The van der Waals surface area contributed by atoms with Crippen LogP contribution in [0.2, 0.25) is 0 Å². The molecule has 1 aromatic rings. The maximum atomic E-state index is 12.5. The molecule has 1 aliphatic carbocycles. The minimum absolute atomic E-state index is 0.105. The molecule has 1 saturated heterocycles. The van der Waals surface area contributed by atoms with E-state index in [-0.39, 0.29) is 18.0 Å². The second kappa shape index (κ2) is 8.76. The molecule has 7 heteroatoms. The molecule has 0 radical (unpaired) electrons. The van der Waals surface area contributed by atoms with Crippen LogP contribution in [0.4, 0.5) is 4.79 Å². The first-order chi connectivity index (χ1) is 11.7. The van der Waals surface area contributed by atoms with E-state index in [9.17, 15) is 9.59 Å². The number of rotatable bonds is 4. The Morgan fingerprint density at radius 2 is 1.92 bits per heavy atom. The van der Waals surface area contributed by atoms with E-state index in [1.54, 1.807) is 11.3 Å². The van der Waals surface area contributed by atoms with Gasteiger partial charge in [0.15, 0.2) is 0 Å². The van der Waals surface area contributed by atoms with E-state index in [1.165, 1.54) is 0 Å². The van der Waals surface area contributed by atoms with Crippen LogP contribution in [0, 0.1) is 5.92 Å². The quantitative estimate of drug-likeness (QED) is 0.860. The zero-order valence-corrected chi connectivity index (χ0v) is 15.5. The van der Waals surface area contributed by atoms with Gasteiger partial charge in [0, 0.05) is 41.4 Å². The molecule has 2 aliphatic rings. The summed E-state index contributed by atoms with van der Waals surface area (Å²) in [5, 5.41) is 7.96. The molecular formula is C17H25N3O2S2. The predicted molar refractivity (Wildman–Crippen MR) is 99.3 cm³/mol. The molecule has 1 aromatic heterocycles. The number of urea groups is 1. The van der Waals surface area contributed by atoms with Crippen LogP contribution in [0.5, 0.6) is 0 Å². The average molecular weight is 368 g/mol. The number of nitrogens with one attached hydrogen (secondary N) is 2. The lowest BCUT2D eigenvalue weighted by atomic mass is 9.85. The van der Waals surface area contributed by atoms with Crippen LogP contribution in [0.15, 0.2) is 17.5 Å². The molecule has 132 valence electrons. The number of carbonyl (C=O) groups is 2. The fraction of sp³-hybridized carbons (Fsp3) is 0.647. The van der Waals surface area contributed by atoms with Gasteiger partial charge in [-0.25, -0.2) is 4.79 Å². The van der Waals surface area contributed by atoms with Gasteiger partial charge >= 0.3 is 6.03 Å². The van der Waals surface area contributed by atoms with Gasteiger partial charge in [-0.2, -0.15) is 11.8 Å². The molecule has 2 heterocycles. The minimum Gasteiger partial charge on any atom is -0.341 e. The third-order valence-corrected chi connectivity index (χ3v) is 6.56. The molecule has 1 aliphatic heterocycles. The third kappa shape index (κ3) is 4.89. The van der Waals surface area contributed by atoms with E-state index in [0.717, 1.165) is 55.2 Å². The molecule has 1 saturated carbocycles. The number of carbonyl (C=O) groups excluding carboxylic acids is 2. The molecule has 0 bridgehead atoms. The summed E-state index contributed by atoms with van der Waals surface area (Å²) in [6, 6.07) is 4.08. The van der Waals surface area contributed by atoms with Crippen molar-refractivity contribution in [1.29, 1.82) is 0 Å². The Kier molecular flexibility index (Phi) is 6.43. The number of nitrogens with zero attached hydrogens (tertiary/aromatic N) is 1. The zero-order chi connectivity index (χ0) is 16.8. The predicted octanol–water partition coefficient (Wildman–Crippen LogP) is 2.68. The second-order valence-corrected chi connectivity index (χ2v) is 8.65. The van der Waals surface area contributed by atoms with Gasteiger partial charge in [0.1, 0.15) is 0 Å². The molecule has 24 heavy (non-hydrogen) atoms. The molecule has 5 nitrogen and oxygen atoms in total. The Balaban J connectivity index is 1.36. The summed E-state index contributed by atoms with van der Waals surface area (Å²) in [7, 11) is 0. The smallest absolute Gasteiger partial charge is 0.315 e. The molecule has 3 amide bonds. The van der Waals surface area contributed by atoms with Crippen molar-refractivity contribution in [2.24, 2.45) is 5.92 Å². The maximum absolute atomic E-state index is 12.5. The zero-order valence-electron chi connectivity index (χ0n) is 13.8. The Morgan fingerprint density at radius 3 is 2.58 bits per heavy atom. The maximum Gasteiger partial charge on any atom is 0.315 e.